The molecule has 178 valence electrons. The predicted octanol–water partition coefficient (Wildman–Crippen LogP) is 4.26. The minimum Gasteiger partial charge on any atom is -0.465 e. The van der Waals surface area contributed by atoms with Crippen molar-refractivity contribution < 1.29 is 14.7 Å². The Morgan fingerprint density at radius 2 is 1.88 bits per heavy atom. The van der Waals surface area contributed by atoms with E-state index in [1.807, 2.05) is 19.1 Å². The lowest BCUT2D eigenvalue weighted by atomic mass is 9.99. The fourth-order valence-electron chi connectivity index (χ4n) is 4.08. The van der Waals surface area contributed by atoms with E-state index in [4.69, 9.17) is 0 Å². The molecule has 0 spiro atoms. The molecule has 2 amide bonds. The number of piperidine rings is 1. The summed E-state index contributed by atoms with van der Waals surface area (Å²) in [6, 6.07) is 12.3. The number of carbonyl (C=O) groups excluding carboxylic acids is 1. The highest BCUT2D eigenvalue weighted by atomic mass is 16.4. The first kappa shape index (κ1) is 23.3. The van der Waals surface area contributed by atoms with Crippen molar-refractivity contribution >= 4 is 29.2 Å². The summed E-state index contributed by atoms with van der Waals surface area (Å²) < 4.78 is 1.68. The molecule has 0 unspecified atom stereocenters. The van der Waals surface area contributed by atoms with Gasteiger partial charge < -0.3 is 15.3 Å². The number of anilines is 3. The molecule has 2 N–H and O–H groups in total. The number of aryl methyl sites for hydroxylation is 1. The molecule has 2 aromatic heterocycles. The molecule has 1 aliphatic heterocycles. The van der Waals surface area contributed by atoms with Gasteiger partial charge in [-0.25, -0.2) is 9.78 Å². The van der Waals surface area contributed by atoms with E-state index < -0.39 is 6.09 Å². The van der Waals surface area contributed by atoms with Crippen molar-refractivity contribution in [1.82, 2.24) is 14.8 Å². The first-order valence-corrected chi connectivity index (χ1v) is 11.5. The summed E-state index contributed by atoms with van der Waals surface area (Å²) in [4.78, 5) is 33.0. The van der Waals surface area contributed by atoms with Gasteiger partial charge in [0, 0.05) is 49.1 Å². The Kier molecular flexibility index (Phi) is 7.10. The Labute approximate surface area is 199 Å². The zero-order valence-corrected chi connectivity index (χ0v) is 19.5. The summed E-state index contributed by atoms with van der Waals surface area (Å²) in [5.74, 6) is 1.17. The number of benzene rings is 1. The predicted molar refractivity (Wildman–Crippen MR) is 132 cm³/mol. The molecule has 3 heterocycles. The number of amides is 2. The van der Waals surface area contributed by atoms with Crippen LogP contribution in [0.15, 0.2) is 54.9 Å². The lowest BCUT2D eigenvalue weighted by Crippen LogP contribution is -2.35. The van der Waals surface area contributed by atoms with E-state index in [-0.39, 0.29) is 12.5 Å². The third-order valence-electron chi connectivity index (χ3n) is 6.12. The second-order valence-electron chi connectivity index (χ2n) is 8.70. The van der Waals surface area contributed by atoms with Crippen LogP contribution < -0.4 is 15.1 Å². The second-order valence-corrected chi connectivity index (χ2v) is 8.70. The van der Waals surface area contributed by atoms with E-state index in [1.165, 1.54) is 4.90 Å². The molecular formula is C25H30N6O3. The molecule has 0 aliphatic carbocycles. The fourth-order valence-corrected chi connectivity index (χ4v) is 4.08. The smallest absolute Gasteiger partial charge is 0.411 e. The second kappa shape index (κ2) is 10.4. The summed E-state index contributed by atoms with van der Waals surface area (Å²) in [5, 5.41) is 16.7. The molecule has 0 atom stereocenters. The SMILES string of the molecule is Cc1ccc(C(=O)Nc2ccc(N(CCn3cccn3)C(=O)O)cc2)c(N2CCC(C)CC2)n1. The molecule has 1 aliphatic rings. The molecule has 9 heteroatoms. The average Bonchev–Trinajstić information content (AvgIpc) is 3.34. The van der Waals surface area contributed by atoms with Crippen LogP contribution in [0.3, 0.4) is 0 Å². The summed E-state index contributed by atoms with van der Waals surface area (Å²) >= 11 is 0. The van der Waals surface area contributed by atoms with Crippen molar-refractivity contribution in [2.45, 2.75) is 33.2 Å². The van der Waals surface area contributed by atoms with Crippen LogP contribution >= 0.6 is 0 Å². The Hall–Kier alpha value is -3.88. The van der Waals surface area contributed by atoms with E-state index in [9.17, 15) is 14.7 Å². The molecule has 9 nitrogen and oxygen atoms in total. The van der Waals surface area contributed by atoms with Crippen LogP contribution in [0, 0.1) is 12.8 Å². The standard InChI is InChI=1S/C25H30N6O3/c1-18-10-14-29(15-11-18)23-22(9-4-19(2)27-23)24(32)28-20-5-7-21(8-6-20)31(25(33)34)17-16-30-13-3-12-26-30/h3-9,12-13,18H,10-11,14-17H2,1-2H3,(H,28,32)(H,33,34). The molecule has 0 bridgehead atoms. The molecule has 0 radical (unpaired) electrons. The van der Waals surface area contributed by atoms with Crippen molar-refractivity contribution in [3.05, 3.63) is 66.1 Å². The van der Waals surface area contributed by atoms with Gasteiger partial charge in [-0.05, 0) is 68.1 Å². The average molecular weight is 463 g/mol. The van der Waals surface area contributed by atoms with Gasteiger partial charge in [0.1, 0.15) is 5.82 Å². The molecule has 1 saturated heterocycles. The van der Waals surface area contributed by atoms with E-state index in [1.54, 1.807) is 47.4 Å². The van der Waals surface area contributed by atoms with Gasteiger partial charge >= 0.3 is 6.09 Å². The Morgan fingerprint density at radius 1 is 1.15 bits per heavy atom. The van der Waals surface area contributed by atoms with Crippen LogP contribution in [-0.4, -0.2) is 51.5 Å². The number of rotatable bonds is 7. The molecule has 0 saturated carbocycles. The number of aromatic nitrogens is 3. The number of carbonyl (C=O) groups is 2. The van der Waals surface area contributed by atoms with Gasteiger partial charge in [0.05, 0.1) is 12.1 Å². The van der Waals surface area contributed by atoms with Gasteiger partial charge in [0.15, 0.2) is 0 Å². The number of nitrogens with one attached hydrogen (secondary N) is 1. The number of carboxylic acid groups (broad SMARTS) is 1. The van der Waals surface area contributed by atoms with E-state index in [0.717, 1.165) is 37.4 Å². The lowest BCUT2D eigenvalue weighted by Gasteiger charge is -2.32. The van der Waals surface area contributed by atoms with Crippen LogP contribution in [0.4, 0.5) is 22.0 Å². The van der Waals surface area contributed by atoms with Gasteiger partial charge in [0.25, 0.3) is 5.91 Å². The largest absolute Gasteiger partial charge is 0.465 e. The normalized spacial score (nSPS) is 14.1. The van der Waals surface area contributed by atoms with E-state index >= 15 is 0 Å². The van der Waals surface area contributed by atoms with Crippen LogP contribution in [0.25, 0.3) is 0 Å². The minimum absolute atomic E-state index is 0.234. The molecule has 1 aromatic carbocycles. The van der Waals surface area contributed by atoms with Crippen LogP contribution in [0.2, 0.25) is 0 Å². The Balaban J connectivity index is 1.46. The van der Waals surface area contributed by atoms with Gasteiger partial charge in [0.2, 0.25) is 0 Å². The third kappa shape index (κ3) is 5.54. The lowest BCUT2D eigenvalue weighted by molar-refractivity contribution is 0.102. The van der Waals surface area contributed by atoms with E-state index in [2.05, 4.69) is 27.2 Å². The minimum atomic E-state index is -1.05. The topological polar surface area (TPSA) is 104 Å². The maximum absolute atomic E-state index is 13.1. The summed E-state index contributed by atoms with van der Waals surface area (Å²) in [5.41, 5.74) is 2.52. The summed E-state index contributed by atoms with van der Waals surface area (Å²) in [6.07, 6.45) is 4.56. The number of nitrogens with zero attached hydrogens (tertiary/aromatic N) is 5. The summed E-state index contributed by atoms with van der Waals surface area (Å²) in [6.45, 7) is 6.65. The highest BCUT2D eigenvalue weighted by Gasteiger charge is 2.23. The molecule has 3 aromatic rings. The zero-order chi connectivity index (χ0) is 24.1. The highest BCUT2D eigenvalue weighted by molar-refractivity contribution is 6.07. The van der Waals surface area contributed by atoms with Gasteiger partial charge in [-0.15, -0.1) is 0 Å². The van der Waals surface area contributed by atoms with Gasteiger partial charge in [-0.2, -0.15) is 5.10 Å². The molecule has 4 rings (SSSR count). The monoisotopic (exact) mass is 462 g/mol. The first-order chi connectivity index (χ1) is 16.4. The highest BCUT2D eigenvalue weighted by Crippen LogP contribution is 2.26. The summed E-state index contributed by atoms with van der Waals surface area (Å²) in [7, 11) is 0. The van der Waals surface area contributed by atoms with Gasteiger partial charge in [-0.1, -0.05) is 6.92 Å². The van der Waals surface area contributed by atoms with Crippen LogP contribution in [-0.2, 0) is 6.54 Å². The maximum Gasteiger partial charge on any atom is 0.411 e. The number of hydrogen-bond donors (Lipinski definition) is 2. The third-order valence-corrected chi connectivity index (χ3v) is 6.12. The van der Waals surface area contributed by atoms with E-state index in [0.29, 0.717) is 29.4 Å². The quantitative estimate of drug-likeness (QED) is 0.544. The maximum atomic E-state index is 13.1. The van der Waals surface area contributed by atoms with Crippen molar-refractivity contribution in [1.29, 1.82) is 0 Å². The molecular weight excluding hydrogens is 432 g/mol. The molecule has 34 heavy (non-hydrogen) atoms. The van der Waals surface area contributed by atoms with Crippen LogP contribution in [0.5, 0.6) is 0 Å². The van der Waals surface area contributed by atoms with Crippen molar-refractivity contribution in [2.75, 3.05) is 34.8 Å². The van der Waals surface area contributed by atoms with Crippen molar-refractivity contribution in [3.8, 4) is 0 Å². The van der Waals surface area contributed by atoms with Gasteiger partial charge in [-0.3, -0.25) is 14.4 Å². The van der Waals surface area contributed by atoms with Crippen molar-refractivity contribution in [3.63, 3.8) is 0 Å². The zero-order valence-electron chi connectivity index (χ0n) is 19.5. The number of pyridine rings is 1. The molecule has 1 fully saturated rings. The van der Waals surface area contributed by atoms with Crippen LogP contribution in [0.1, 0.15) is 35.8 Å². The first-order valence-electron chi connectivity index (χ1n) is 11.5. The Morgan fingerprint density at radius 3 is 2.53 bits per heavy atom. The van der Waals surface area contributed by atoms with Crippen molar-refractivity contribution in [2.24, 2.45) is 5.92 Å². The number of hydrogen-bond acceptors (Lipinski definition) is 5. The fraction of sp³-hybridized carbons (Fsp3) is 0.360. The Bertz CT molecular complexity index is 1120.